The van der Waals surface area contributed by atoms with E-state index in [0.29, 0.717) is 5.92 Å². The van der Waals surface area contributed by atoms with Crippen LogP contribution in [0, 0.1) is 5.92 Å². The van der Waals surface area contributed by atoms with Crippen LogP contribution in [0.2, 0.25) is 18.1 Å². The molecule has 0 aromatic carbocycles. The molecule has 0 bridgehead atoms. The zero-order chi connectivity index (χ0) is 15.0. The molecule has 0 saturated heterocycles. The van der Waals surface area contributed by atoms with E-state index >= 15 is 0 Å². The molecule has 105 valence electrons. The van der Waals surface area contributed by atoms with E-state index < -0.39 is 8.80 Å². The Morgan fingerprint density at radius 1 is 1.32 bits per heavy atom. The molecule has 4 heteroatoms. The molecular weight excluding hydrogens is 286 g/mol. The molecule has 0 aromatic rings. The molecule has 2 unspecified atom stereocenters. The molecule has 2 nitrogen and oxygen atoms in total. The van der Waals surface area contributed by atoms with Gasteiger partial charge in [-0.25, -0.2) is 0 Å². The van der Waals surface area contributed by atoms with E-state index in [9.17, 15) is 4.79 Å². The van der Waals surface area contributed by atoms with Crippen LogP contribution >= 0.6 is 0 Å². The van der Waals surface area contributed by atoms with Crippen molar-refractivity contribution in [1.82, 2.24) is 3.80 Å². The van der Waals surface area contributed by atoms with Crippen LogP contribution in [0.1, 0.15) is 41.0 Å². The van der Waals surface area contributed by atoms with Crippen molar-refractivity contribution in [3.05, 3.63) is 22.3 Å². The summed E-state index contributed by atoms with van der Waals surface area (Å²) in [7, 11) is -1.18. The van der Waals surface area contributed by atoms with E-state index in [4.69, 9.17) is 0 Å². The fourth-order valence-electron chi connectivity index (χ4n) is 3.65. The van der Waals surface area contributed by atoms with E-state index in [2.05, 4.69) is 51.5 Å². The first kappa shape index (κ1) is 16.9. The zero-order valence-electron chi connectivity index (χ0n) is 13.3. The molecule has 2 atom stereocenters. The van der Waals surface area contributed by atoms with Gasteiger partial charge < -0.3 is 0 Å². The van der Waals surface area contributed by atoms with E-state index in [0.717, 1.165) is 6.42 Å². The molecule has 19 heavy (non-hydrogen) atoms. The van der Waals surface area contributed by atoms with Gasteiger partial charge in [0.1, 0.15) is 0 Å². The van der Waals surface area contributed by atoms with Crippen molar-refractivity contribution in [2.75, 3.05) is 0 Å². The number of hydrogen-bond acceptors (Lipinski definition) is 1. The molecule has 0 spiro atoms. The van der Waals surface area contributed by atoms with Crippen LogP contribution in [0.25, 0.3) is 0 Å². The summed E-state index contributed by atoms with van der Waals surface area (Å²) in [5, 5.41) is -0.239. The Morgan fingerprint density at radius 3 is 2.11 bits per heavy atom. The minimum atomic E-state index is -1.18. The summed E-state index contributed by atoms with van der Waals surface area (Å²) in [5.41, 5.74) is 5.57. The second-order valence-corrected chi connectivity index (χ2v) is 9.69. The van der Waals surface area contributed by atoms with Gasteiger partial charge in [-0.1, -0.05) is 0 Å². The molecule has 1 rings (SSSR count). The average molecular weight is 312 g/mol. The van der Waals surface area contributed by atoms with Crippen molar-refractivity contribution in [2.45, 2.75) is 59.2 Å². The first-order valence-electron chi connectivity index (χ1n) is 7.11. The third-order valence-corrected chi connectivity index (χ3v) is 8.49. The molecule has 0 aromatic heterocycles. The first-order valence-corrected chi connectivity index (χ1v) is 10.8. The predicted octanol–water partition coefficient (Wildman–Crippen LogP) is 3.50. The summed E-state index contributed by atoms with van der Waals surface area (Å²) in [6, 6.07) is 0. The maximum atomic E-state index is 12.7. The number of amides is 1. The molecule has 0 fully saturated rings. The van der Waals surface area contributed by atoms with Crippen LogP contribution in [-0.2, 0) is 25.5 Å². The molecule has 1 N–H and O–H groups in total. The van der Waals surface area contributed by atoms with Crippen molar-refractivity contribution in [2.24, 2.45) is 5.92 Å². The molecule has 1 aliphatic carbocycles. The van der Waals surface area contributed by atoms with E-state index in [1.807, 2.05) is 0 Å². The Kier molecular flexibility index (Phi) is 5.44. The summed E-state index contributed by atoms with van der Waals surface area (Å²) < 4.78 is 2.93. The Labute approximate surface area is 131 Å². The van der Waals surface area contributed by atoms with E-state index in [1.54, 1.807) is 20.7 Å². The van der Waals surface area contributed by atoms with Crippen molar-refractivity contribution in [3.63, 3.8) is 0 Å². The molecule has 0 saturated carbocycles. The molecule has 0 heterocycles. The van der Waals surface area contributed by atoms with Gasteiger partial charge in [0.15, 0.2) is 0 Å². The number of carbonyl (C=O) groups excluding carboxylic acids is 1. The van der Waals surface area contributed by atoms with Gasteiger partial charge in [0.25, 0.3) is 0 Å². The standard InChI is InChI=1S/C15H27NOSi.Ti/c1-8-15(14(16)17,18(6)7)13-11(4)9(2)10(3)12(13)5;/h11,18H,8H2,1-7H3,(H2,16,17);/q;+1/p-1. The third kappa shape index (κ3) is 2.45. The summed E-state index contributed by atoms with van der Waals surface area (Å²) in [4.78, 5) is 12.7. The molecule has 0 aliphatic heterocycles. The average Bonchev–Trinajstić information content (AvgIpc) is 2.57. The topological polar surface area (TPSA) is 29.1 Å². The third-order valence-electron chi connectivity index (χ3n) is 5.18. The van der Waals surface area contributed by atoms with Gasteiger partial charge in [0.05, 0.1) is 0 Å². The van der Waals surface area contributed by atoms with Gasteiger partial charge in [-0.2, -0.15) is 0 Å². The Bertz CT molecular complexity index is 453. The number of carbonyl (C=O) groups is 1. The maximum absolute atomic E-state index is 12.7. The second-order valence-electron chi connectivity index (χ2n) is 6.00. The predicted molar refractivity (Wildman–Crippen MR) is 80.2 cm³/mol. The Hall–Kier alpha value is -0.119. The van der Waals surface area contributed by atoms with Gasteiger partial charge in [-0.15, -0.1) is 0 Å². The number of nitrogens with one attached hydrogen (secondary N) is 1. The van der Waals surface area contributed by atoms with Crippen molar-refractivity contribution in [3.8, 4) is 0 Å². The monoisotopic (exact) mass is 312 g/mol. The van der Waals surface area contributed by atoms with Gasteiger partial charge in [-0.05, 0) is 0 Å². The Morgan fingerprint density at radius 2 is 1.84 bits per heavy atom. The fraction of sp³-hybridized carbons (Fsp3) is 0.667. The quantitative estimate of drug-likeness (QED) is 0.791. The minimum absolute atomic E-state index is 0.223. The molecular formula is C15H26NOSiTi. The van der Waals surface area contributed by atoms with Crippen LogP contribution in [0.5, 0.6) is 0 Å². The summed E-state index contributed by atoms with van der Waals surface area (Å²) in [6.07, 6.45) is 0.911. The SMILES string of the molecule is CCC(C(=O)[NH][Ti])(C1=C(C)C(C)=C(C)C1C)[SiH](C)C. The van der Waals surface area contributed by atoms with Crippen LogP contribution in [-0.4, -0.2) is 14.7 Å². The second kappa shape index (κ2) is 6.11. The fourth-order valence-corrected chi connectivity index (χ4v) is 6.73. The molecule has 1 aliphatic rings. The summed E-state index contributed by atoms with van der Waals surface area (Å²) >= 11 is 1.77. The van der Waals surface area contributed by atoms with E-state index in [-0.39, 0.29) is 10.9 Å². The van der Waals surface area contributed by atoms with E-state index in [1.165, 1.54) is 22.3 Å². The van der Waals surface area contributed by atoms with Gasteiger partial charge in [-0.3, -0.25) is 0 Å². The summed E-state index contributed by atoms with van der Waals surface area (Å²) in [5.74, 6) is 0.632. The van der Waals surface area contributed by atoms with Crippen LogP contribution < -0.4 is 3.80 Å². The van der Waals surface area contributed by atoms with Crippen molar-refractivity contribution < 1.29 is 25.5 Å². The summed E-state index contributed by atoms with van der Waals surface area (Å²) in [6.45, 7) is 15.6. The van der Waals surface area contributed by atoms with Gasteiger partial charge >= 0.3 is 131 Å². The Balaban J connectivity index is 3.50. The van der Waals surface area contributed by atoms with Crippen LogP contribution in [0.4, 0.5) is 0 Å². The van der Waals surface area contributed by atoms with Crippen LogP contribution in [0.15, 0.2) is 22.3 Å². The number of allylic oxidation sites excluding steroid dienone is 3. The number of rotatable bonds is 4. The van der Waals surface area contributed by atoms with Gasteiger partial charge in [0, 0.05) is 0 Å². The zero-order valence-corrected chi connectivity index (χ0v) is 16.0. The first-order chi connectivity index (χ1) is 8.75. The molecule has 0 radical (unpaired) electrons. The number of hydrogen-bond donors (Lipinski definition) is 1. The van der Waals surface area contributed by atoms with Gasteiger partial charge in [0.2, 0.25) is 0 Å². The molecule has 1 amide bonds. The normalized spacial score (nSPS) is 23.0. The van der Waals surface area contributed by atoms with Crippen molar-refractivity contribution >= 4 is 14.7 Å². The van der Waals surface area contributed by atoms with Crippen molar-refractivity contribution in [1.29, 1.82) is 0 Å². The van der Waals surface area contributed by atoms with Crippen LogP contribution in [0.3, 0.4) is 0 Å².